The fraction of sp³-hybridized carbons (Fsp3) is 0.417. The lowest BCUT2D eigenvalue weighted by Gasteiger charge is -2.45. The molecule has 2 fully saturated rings. The van der Waals surface area contributed by atoms with E-state index in [2.05, 4.69) is 21.1 Å². The molecule has 2 saturated heterocycles. The lowest BCUT2D eigenvalue weighted by atomic mass is 9.91. The largest absolute Gasteiger partial charge is 0.365 e. The second-order valence-corrected chi connectivity index (χ2v) is 4.21. The number of anilines is 1. The van der Waals surface area contributed by atoms with Gasteiger partial charge in [-0.05, 0) is 6.07 Å². The average molecular weight is 199 g/mol. The van der Waals surface area contributed by atoms with Gasteiger partial charge in [0.2, 0.25) is 0 Å². The van der Waals surface area contributed by atoms with E-state index in [4.69, 9.17) is 6.42 Å². The monoisotopic (exact) mass is 199 g/mol. The molecule has 0 aliphatic carbocycles. The maximum Gasteiger partial charge on any atom is 0.0568 e. The standard InChI is InChI=1S/C12H13N3/c1-2-9-3-11(6-13-4-9)15-8-10-5-14-7-12(10)15/h1,3-4,6,10,12,14H,5,7-8H2. The normalized spacial score (nSPS) is 28.1. The highest BCUT2D eigenvalue weighted by Gasteiger charge is 2.42. The van der Waals surface area contributed by atoms with Crippen LogP contribution in [0.1, 0.15) is 5.56 Å². The summed E-state index contributed by atoms with van der Waals surface area (Å²) >= 11 is 0. The lowest BCUT2D eigenvalue weighted by molar-refractivity contribution is 0.365. The molecule has 0 bridgehead atoms. The summed E-state index contributed by atoms with van der Waals surface area (Å²) in [5.41, 5.74) is 2.03. The zero-order valence-electron chi connectivity index (χ0n) is 8.48. The molecule has 3 heterocycles. The van der Waals surface area contributed by atoms with Crippen molar-refractivity contribution in [1.29, 1.82) is 0 Å². The van der Waals surface area contributed by atoms with E-state index in [-0.39, 0.29) is 0 Å². The van der Waals surface area contributed by atoms with Crippen LogP contribution < -0.4 is 10.2 Å². The van der Waals surface area contributed by atoms with Gasteiger partial charge in [-0.2, -0.15) is 0 Å². The fourth-order valence-corrected chi connectivity index (χ4v) is 2.48. The van der Waals surface area contributed by atoms with Crippen molar-refractivity contribution in [3.63, 3.8) is 0 Å². The number of pyridine rings is 1. The summed E-state index contributed by atoms with van der Waals surface area (Å²) in [4.78, 5) is 6.56. The third-order valence-corrected chi connectivity index (χ3v) is 3.36. The van der Waals surface area contributed by atoms with Gasteiger partial charge < -0.3 is 10.2 Å². The minimum absolute atomic E-state index is 0.653. The smallest absolute Gasteiger partial charge is 0.0568 e. The van der Waals surface area contributed by atoms with Crippen LogP contribution in [0.4, 0.5) is 5.69 Å². The highest BCUT2D eigenvalue weighted by Crippen LogP contribution is 2.32. The van der Waals surface area contributed by atoms with E-state index in [9.17, 15) is 0 Å². The molecule has 1 aromatic heterocycles. The number of terminal acetylenes is 1. The van der Waals surface area contributed by atoms with Crippen molar-refractivity contribution in [2.75, 3.05) is 24.5 Å². The first-order chi connectivity index (χ1) is 7.38. The van der Waals surface area contributed by atoms with E-state index in [1.807, 2.05) is 12.3 Å². The van der Waals surface area contributed by atoms with E-state index in [1.165, 1.54) is 0 Å². The van der Waals surface area contributed by atoms with Gasteiger partial charge in [0.25, 0.3) is 0 Å². The molecule has 0 radical (unpaired) electrons. The SMILES string of the molecule is C#Cc1cncc(N2CC3CNCC32)c1. The van der Waals surface area contributed by atoms with Crippen LogP contribution in [0.15, 0.2) is 18.5 Å². The Morgan fingerprint density at radius 2 is 2.40 bits per heavy atom. The van der Waals surface area contributed by atoms with E-state index < -0.39 is 0 Å². The summed E-state index contributed by atoms with van der Waals surface area (Å²) < 4.78 is 0. The minimum atomic E-state index is 0.653. The molecule has 2 unspecified atom stereocenters. The Labute approximate surface area is 89.5 Å². The molecule has 1 aromatic rings. The van der Waals surface area contributed by atoms with Crippen molar-refractivity contribution in [2.45, 2.75) is 6.04 Å². The minimum Gasteiger partial charge on any atom is -0.365 e. The summed E-state index contributed by atoms with van der Waals surface area (Å²) in [5, 5.41) is 3.41. The molecule has 0 spiro atoms. The van der Waals surface area contributed by atoms with Gasteiger partial charge in [0.15, 0.2) is 0 Å². The Kier molecular flexibility index (Phi) is 1.90. The maximum absolute atomic E-state index is 5.36. The van der Waals surface area contributed by atoms with Crippen LogP contribution >= 0.6 is 0 Å². The fourth-order valence-electron chi connectivity index (χ4n) is 2.48. The van der Waals surface area contributed by atoms with E-state index >= 15 is 0 Å². The summed E-state index contributed by atoms with van der Waals surface area (Å²) in [6.45, 7) is 3.38. The maximum atomic E-state index is 5.36. The molecular weight excluding hydrogens is 186 g/mol. The van der Waals surface area contributed by atoms with Gasteiger partial charge in [-0.25, -0.2) is 0 Å². The topological polar surface area (TPSA) is 28.2 Å². The van der Waals surface area contributed by atoms with Crippen molar-refractivity contribution < 1.29 is 0 Å². The van der Waals surface area contributed by atoms with Gasteiger partial charge in [-0.3, -0.25) is 4.98 Å². The number of aromatic nitrogens is 1. The second kappa shape index (κ2) is 3.25. The lowest BCUT2D eigenvalue weighted by Crippen LogP contribution is -2.55. The first-order valence-corrected chi connectivity index (χ1v) is 5.27. The average Bonchev–Trinajstić information content (AvgIpc) is 2.61. The van der Waals surface area contributed by atoms with Crippen molar-refractivity contribution >= 4 is 5.69 Å². The number of nitrogens with one attached hydrogen (secondary N) is 1. The highest BCUT2D eigenvalue weighted by atomic mass is 15.3. The predicted octanol–water partition coefficient (Wildman–Crippen LogP) is 0.471. The number of rotatable bonds is 1. The van der Waals surface area contributed by atoms with Crippen LogP contribution in [0.2, 0.25) is 0 Å². The first-order valence-electron chi connectivity index (χ1n) is 5.27. The van der Waals surface area contributed by atoms with Crippen molar-refractivity contribution in [2.24, 2.45) is 5.92 Å². The van der Waals surface area contributed by atoms with Crippen LogP contribution in [0.25, 0.3) is 0 Å². The highest BCUT2D eigenvalue weighted by molar-refractivity contribution is 5.53. The molecule has 15 heavy (non-hydrogen) atoms. The Balaban J connectivity index is 1.85. The summed E-state index contributed by atoms with van der Waals surface area (Å²) in [6, 6.07) is 2.70. The summed E-state index contributed by atoms with van der Waals surface area (Å²) in [7, 11) is 0. The Bertz CT molecular complexity index is 421. The van der Waals surface area contributed by atoms with Crippen LogP contribution in [-0.4, -0.2) is 30.7 Å². The molecule has 3 rings (SSSR count). The first kappa shape index (κ1) is 8.75. The molecule has 0 saturated carbocycles. The van der Waals surface area contributed by atoms with Gasteiger partial charge in [0.1, 0.15) is 0 Å². The van der Waals surface area contributed by atoms with Gasteiger partial charge in [-0.15, -0.1) is 6.42 Å². The third-order valence-electron chi connectivity index (χ3n) is 3.36. The second-order valence-electron chi connectivity index (χ2n) is 4.21. The van der Waals surface area contributed by atoms with Gasteiger partial charge in [0.05, 0.1) is 11.9 Å². The molecule has 2 aliphatic heterocycles. The molecule has 76 valence electrons. The third kappa shape index (κ3) is 1.30. The molecule has 0 amide bonds. The van der Waals surface area contributed by atoms with Gasteiger partial charge in [0, 0.05) is 43.4 Å². The molecule has 3 heteroatoms. The number of nitrogens with zero attached hydrogens (tertiary/aromatic N) is 2. The summed E-state index contributed by atoms with van der Waals surface area (Å²) in [5.74, 6) is 3.44. The van der Waals surface area contributed by atoms with E-state index in [1.54, 1.807) is 6.20 Å². The molecular formula is C12H13N3. The van der Waals surface area contributed by atoms with Gasteiger partial charge in [-0.1, -0.05) is 5.92 Å². The van der Waals surface area contributed by atoms with Gasteiger partial charge >= 0.3 is 0 Å². The van der Waals surface area contributed by atoms with E-state index in [0.29, 0.717) is 6.04 Å². The molecule has 2 atom stereocenters. The predicted molar refractivity (Wildman–Crippen MR) is 59.7 cm³/mol. The van der Waals surface area contributed by atoms with Crippen LogP contribution in [0, 0.1) is 18.3 Å². The van der Waals surface area contributed by atoms with Crippen LogP contribution in [-0.2, 0) is 0 Å². The zero-order chi connectivity index (χ0) is 10.3. The number of hydrogen-bond donors (Lipinski definition) is 1. The molecule has 0 aromatic carbocycles. The van der Waals surface area contributed by atoms with E-state index in [0.717, 1.165) is 36.8 Å². The van der Waals surface area contributed by atoms with Crippen molar-refractivity contribution in [3.8, 4) is 12.3 Å². The van der Waals surface area contributed by atoms with Crippen LogP contribution in [0.3, 0.4) is 0 Å². The molecule has 1 N–H and O–H groups in total. The Morgan fingerprint density at radius 1 is 1.47 bits per heavy atom. The quantitative estimate of drug-likeness (QED) is 0.666. The molecule has 3 nitrogen and oxygen atoms in total. The summed E-state index contributed by atoms with van der Waals surface area (Å²) in [6.07, 6.45) is 8.99. The van der Waals surface area contributed by atoms with Crippen molar-refractivity contribution in [3.05, 3.63) is 24.0 Å². The Hall–Kier alpha value is -1.53. The molecule has 2 aliphatic rings. The zero-order valence-corrected chi connectivity index (χ0v) is 8.48. The van der Waals surface area contributed by atoms with Crippen molar-refractivity contribution in [1.82, 2.24) is 10.3 Å². The number of hydrogen-bond acceptors (Lipinski definition) is 3. The number of fused-ring (bicyclic) bond motifs is 1. The Morgan fingerprint density at radius 3 is 3.20 bits per heavy atom. The van der Waals surface area contributed by atoms with Crippen LogP contribution in [0.5, 0.6) is 0 Å².